The van der Waals surface area contributed by atoms with Crippen LogP contribution in [0, 0.1) is 11.3 Å². The molecule has 1 N–H and O–H groups in total. The van der Waals surface area contributed by atoms with Crippen LogP contribution < -0.4 is 0 Å². The van der Waals surface area contributed by atoms with Crippen molar-refractivity contribution in [2.24, 2.45) is 16.5 Å². The van der Waals surface area contributed by atoms with Crippen molar-refractivity contribution in [3.63, 3.8) is 0 Å². The molecule has 4 heteroatoms. The Hall–Kier alpha value is -0.610. The van der Waals surface area contributed by atoms with Crippen molar-refractivity contribution >= 4 is 5.71 Å². The van der Waals surface area contributed by atoms with Crippen LogP contribution in [-0.4, -0.2) is 60.0 Å². The van der Waals surface area contributed by atoms with Gasteiger partial charge in [-0.15, -0.1) is 0 Å². The van der Waals surface area contributed by atoms with E-state index in [1.54, 1.807) is 0 Å². The fourth-order valence-corrected chi connectivity index (χ4v) is 4.10. The van der Waals surface area contributed by atoms with Crippen molar-refractivity contribution in [3.05, 3.63) is 0 Å². The average molecular weight is 237 g/mol. The van der Waals surface area contributed by atoms with E-state index in [2.05, 4.69) is 21.9 Å². The highest BCUT2D eigenvalue weighted by atomic mass is 16.4. The Labute approximate surface area is 103 Å². The summed E-state index contributed by atoms with van der Waals surface area (Å²) in [6.45, 7) is 9.06. The van der Waals surface area contributed by atoms with Crippen LogP contribution in [0.1, 0.15) is 26.2 Å². The highest BCUT2D eigenvalue weighted by Crippen LogP contribution is 2.41. The third-order valence-corrected chi connectivity index (χ3v) is 4.79. The van der Waals surface area contributed by atoms with Crippen molar-refractivity contribution in [2.45, 2.75) is 26.2 Å². The summed E-state index contributed by atoms with van der Waals surface area (Å²) in [6, 6.07) is 0. The summed E-state index contributed by atoms with van der Waals surface area (Å²) < 4.78 is 0. The first-order valence-electron chi connectivity index (χ1n) is 6.94. The monoisotopic (exact) mass is 237 g/mol. The Kier molecular flexibility index (Phi) is 2.87. The van der Waals surface area contributed by atoms with Gasteiger partial charge in [-0.1, -0.05) is 24.9 Å². The zero-order valence-corrected chi connectivity index (χ0v) is 10.7. The van der Waals surface area contributed by atoms with Crippen LogP contribution in [0.5, 0.6) is 0 Å². The van der Waals surface area contributed by atoms with E-state index in [0.717, 1.165) is 31.9 Å². The molecule has 4 aliphatic heterocycles. The van der Waals surface area contributed by atoms with Crippen molar-refractivity contribution < 1.29 is 5.21 Å². The molecule has 4 aliphatic rings. The lowest BCUT2D eigenvalue weighted by Crippen LogP contribution is -2.61. The van der Waals surface area contributed by atoms with Gasteiger partial charge in [0.25, 0.3) is 0 Å². The minimum Gasteiger partial charge on any atom is -0.411 e. The fraction of sp³-hybridized carbons (Fsp3) is 0.923. The lowest BCUT2D eigenvalue weighted by atomic mass is 9.68. The zero-order chi connectivity index (χ0) is 11.9. The Morgan fingerprint density at radius 2 is 1.94 bits per heavy atom. The van der Waals surface area contributed by atoms with Crippen molar-refractivity contribution in [1.82, 2.24) is 9.80 Å². The van der Waals surface area contributed by atoms with E-state index >= 15 is 0 Å². The third-order valence-electron chi connectivity index (χ3n) is 4.79. The molecule has 4 saturated heterocycles. The number of oxime groups is 1. The highest BCUT2D eigenvalue weighted by Gasteiger charge is 2.51. The molecular formula is C13H23N3O. The summed E-state index contributed by atoms with van der Waals surface area (Å²) in [6.07, 6.45) is 3.66. The average Bonchev–Trinajstić information content (AvgIpc) is 2.55. The standard InChI is InChI=1S/C13H23N3O/c1-2-3-4-13-9-15-5-6-16(10-13)8-11(7-15)12(13)14-17/h11,17H,2-10H2,1H3/b14-12-. The molecule has 0 amide bonds. The predicted octanol–water partition coefficient (Wildman–Crippen LogP) is 1.25. The maximum atomic E-state index is 9.41. The summed E-state index contributed by atoms with van der Waals surface area (Å²) in [4.78, 5) is 5.17. The molecular weight excluding hydrogens is 214 g/mol. The van der Waals surface area contributed by atoms with Gasteiger partial charge in [0.2, 0.25) is 0 Å². The Bertz CT molecular complexity index is 313. The molecule has 4 heterocycles. The van der Waals surface area contributed by atoms with Gasteiger partial charge >= 0.3 is 0 Å². The van der Waals surface area contributed by atoms with E-state index in [4.69, 9.17) is 0 Å². The largest absolute Gasteiger partial charge is 0.411 e. The first kappa shape index (κ1) is 11.5. The van der Waals surface area contributed by atoms with Crippen molar-refractivity contribution in [1.29, 1.82) is 0 Å². The first-order chi connectivity index (χ1) is 8.27. The minimum absolute atomic E-state index is 0.155. The predicted molar refractivity (Wildman–Crippen MR) is 67.5 cm³/mol. The molecule has 96 valence electrons. The van der Waals surface area contributed by atoms with Gasteiger partial charge in [0.05, 0.1) is 5.71 Å². The van der Waals surface area contributed by atoms with Gasteiger partial charge in [-0.25, -0.2) is 0 Å². The number of piperidine rings is 2. The first-order valence-corrected chi connectivity index (χ1v) is 6.94. The number of nitrogens with zero attached hydrogens (tertiary/aromatic N) is 3. The lowest BCUT2D eigenvalue weighted by molar-refractivity contribution is 0.102. The molecule has 4 bridgehead atoms. The number of fused-ring (bicyclic) bond motifs is 1. The maximum Gasteiger partial charge on any atom is 0.0714 e. The van der Waals surface area contributed by atoms with E-state index in [1.165, 1.54) is 32.4 Å². The SMILES string of the molecule is CCCCC12CN3CCN(CC(C3)/C1=N/O)C2. The number of rotatable bonds is 3. The number of unbranched alkanes of at least 4 members (excludes halogenated alkanes) is 1. The van der Waals surface area contributed by atoms with Crippen LogP contribution in [0.2, 0.25) is 0 Å². The van der Waals surface area contributed by atoms with Crippen molar-refractivity contribution in [3.8, 4) is 0 Å². The van der Waals surface area contributed by atoms with Gasteiger partial charge in [0, 0.05) is 50.6 Å². The number of hydrogen-bond acceptors (Lipinski definition) is 4. The van der Waals surface area contributed by atoms with Crippen LogP contribution in [-0.2, 0) is 0 Å². The van der Waals surface area contributed by atoms with Crippen LogP contribution in [0.25, 0.3) is 0 Å². The summed E-state index contributed by atoms with van der Waals surface area (Å²) in [7, 11) is 0. The normalized spacial score (nSPS) is 46.4. The molecule has 17 heavy (non-hydrogen) atoms. The molecule has 4 nitrogen and oxygen atoms in total. The molecule has 0 spiro atoms. The maximum absolute atomic E-state index is 9.41. The van der Waals surface area contributed by atoms with Gasteiger partial charge < -0.3 is 15.0 Å². The summed E-state index contributed by atoms with van der Waals surface area (Å²) in [5, 5.41) is 13.1. The fourth-order valence-electron chi connectivity index (χ4n) is 4.10. The van der Waals surface area contributed by atoms with Gasteiger partial charge in [-0.3, -0.25) is 0 Å². The zero-order valence-electron chi connectivity index (χ0n) is 10.7. The minimum atomic E-state index is 0.155. The quantitative estimate of drug-likeness (QED) is 0.593. The lowest BCUT2D eigenvalue weighted by Gasteiger charge is -2.50. The molecule has 4 rings (SSSR count). The van der Waals surface area contributed by atoms with E-state index in [9.17, 15) is 5.21 Å². The molecule has 2 atom stereocenters. The van der Waals surface area contributed by atoms with Gasteiger partial charge in [-0.05, 0) is 6.42 Å². The molecule has 4 fully saturated rings. The van der Waals surface area contributed by atoms with Gasteiger partial charge in [-0.2, -0.15) is 0 Å². The highest BCUT2D eigenvalue weighted by molar-refractivity contribution is 5.94. The second-order valence-corrected chi connectivity index (χ2v) is 6.04. The van der Waals surface area contributed by atoms with Crippen LogP contribution >= 0.6 is 0 Å². The van der Waals surface area contributed by atoms with Crippen LogP contribution in [0.4, 0.5) is 0 Å². The molecule has 0 radical (unpaired) electrons. The van der Waals surface area contributed by atoms with E-state index in [1.807, 2.05) is 0 Å². The van der Waals surface area contributed by atoms with Gasteiger partial charge in [0.1, 0.15) is 0 Å². The number of hydrogen-bond donors (Lipinski definition) is 1. The molecule has 0 aromatic carbocycles. The summed E-state index contributed by atoms with van der Waals surface area (Å²) in [5.74, 6) is 0.474. The molecule has 0 aromatic heterocycles. The second-order valence-electron chi connectivity index (χ2n) is 6.04. The summed E-state index contributed by atoms with van der Waals surface area (Å²) >= 11 is 0. The Morgan fingerprint density at radius 1 is 1.29 bits per heavy atom. The van der Waals surface area contributed by atoms with Crippen molar-refractivity contribution in [2.75, 3.05) is 39.3 Å². The van der Waals surface area contributed by atoms with Crippen LogP contribution in [0.15, 0.2) is 5.16 Å². The topological polar surface area (TPSA) is 39.1 Å². The van der Waals surface area contributed by atoms with E-state index in [0.29, 0.717) is 5.92 Å². The Morgan fingerprint density at radius 3 is 2.47 bits per heavy atom. The molecule has 0 aliphatic carbocycles. The molecule has 0 saturated carbocycles. The van der Waals surface area contributed by atoms with E-state index < -0.39 is 0 Å². The third kappa shape index (κ3) is 1.78. The molecule has 0 aromatic rings. The smallest absolute Gasteiger partial charge is 0.0714 e. The van der Waals surface area contributed by atoms with Gasteiger partial charge in [0.15, 0.2) is 0 Å². The van der Waals surface area contributed by atoms with E-state index in [-0.39, 0.29) is 5.41 Å². The second kappa shape index (κ2) is 4.25. The summed E-state index contributed by atoms with van der Waals surface area (Å²) in [5.41, 5.74) is 1.27. The molecule has 2 unspecified atom stereocenters. The van der Waals surface area contributed by atoms with Crippen LogP contribution in [0.3, 0.4) is 0 Å². The Balaban J connectivity index is 1.92.